The maximum absolute atomic E-state index is 14.0. The Hall–Kier alpha value is -1.62. The number of carbonyl (C=O) groups excluding carboxylic acids is 1. The topological polar surface area (TPSA) is 35.6 Å². The first kappa shape index (κ1) is 15.8. The van der Waals surface area contributed by atoms with Gasteiger partial charge < -0.3 is 10.2 Å². The van der Waals surface area contributed by atoms with Gasteiger partial charge in [-0.1, -0.05) is 32.0 Å². The van der Waals surface area contributed by atoms with Gasteiger partial charge in [-0.2, -0.15) is 0 Å². The van der Waals surface area contributed by atoms with E-state index in [9.17, 15) is 9.18 Å². The van der Waals surface area contributed by atoms with Gasteiger partial charge in [0, 0.05) is 31.7 Å². The lowest BCUT2D eigenvalue weighted by molar-refractivity contribution is 0.108. The van der Waals surface area contributed by atoms with Crippen molar-refractivity contribution in [3.8, 4) is 0 Å². The molecular formula is C16H24FN3O. The minimum absolute atomic E-state index is 0.0573. The summed E-state index contributed by atoms with van der Waals surface area (Å²) in [7, 11) is 1.97. The summed E-state index contributed by atoms with van der Waals surface area (Å²) in [5, 5.41) is 2.93. The molecule has 0 radical (unpaired) electrons. The van der Waals surface area contributed by atoms with E-state index in [1.54, 1.807) is 17.0 Å². The van der Waals surface area contributed by atoms with Crippen LogP contribution in [0.15, 0.2) is 24.3 Å². The number of hydrogen-bond donors (Lipinski definition) is 1. The third kappa shape index (κ3) is 3.94. The van der Waals surface area contributed by atoms with E-state index in [0.29, 0.717) is 31.1 Å². The summed E-state index contributed by atoms with van der Waals surface area (Å²) in [5.41, 5.74) is 0.654. The molecule has 1 aliphatic heterocycles. The van der Waals surface area contributed by atoms with Gasteiger partial charge in [-0.05, 0) is 19.0 Å². The summed E-state index contributed by atoms with van der Waals surface area (Å²) < 4.78 is 14.0. The molecule has 1 heterocycles. The fraction of sp³-hybridized carbons (Fsp3) is 0.562. The van der Waals surface area contributed by atoms with Gasteiger partial charge in [-0.25, -0.2) is 9.18 Å². The molecule has 0 aromatic heterocycles. The maximum Gasteiger partial charge on any atom is 0.317 e. The zero-order valence-corrected chi connectivity index (χ0v) is 13.0. The number of benzene rings is 1. The highest BCUT2D eigenvalue weighted by atomic mass is 19.1. The second kappa shape index (κ2) is 6.89. The van der Waals surface area contributed by atoms with Crippen molar-refractivity contribution in [3.63, 3.8) is 0 Å². The van der Waals surface area contributed by atoms with Crippen LogP contribution < -0.4 is 5.32 Å². The van der Waals surface area contributed by atoms with Crippen molar-refractivity contribution < 1.29 is 9.18 Å². The number of amides is 2. The number of carbonyl (C=O) groups is 1. The van der Waals surface area contributed by atoms with E-state index in [1.165, 1.54) is 6.07 Å². The Morgan fingerprint density at radius 2 is 2.10 bits per heavy atom. The number of likely N-dealkylation sites (N-methyl/N-ethyl adjacent to an activating group) is 1. The van der Waals surface area contributed by atoms with Crippen LogP contribution in [-0.4, -0.2) is 49.1 Å². The van der Waals surface area contributed by atoms with Gasteiger partial charge in [0.25, 0.3) is 0 Å². The lowest BCUT2D eigenvalue weighted by Crippen LogP contribution is -2.52. The summed E-state index contributed by atoms with van der Waals surface area (Å²) in [5.74, 6) is 0.211. The Morgan fingerprint density at radius 1 is 1.38 bits per heavy atom. The van der Waals surface area contributed by atoms with E-state index >= 15 is 0 Å². The summed E-state index contributed by atoms with van der Waals surface area (Å²) in [4.78, 5) is 16.1. The standard InChI is InChI=1S/C16H24FN3O/c1-12(2)10-18-16(21)20-9-8-19(3)15(11-20)13-6-4-5-7-14(13)17/h4-7,12,15H,8-11H2,1-3H3,(H,18,21). The highest BCUT2D eigenvalue weighted by Crippen LogP contribution is 2.26. The lowest BCUT2D eigenvalue weighted by Gasteiger charge is -2.39. The van der Waals surface area contributed by atoms with Crippen LogP contribution in [0, 0.1) is 11.7 Å². The number of rotatable bonds is 3. The molecule has 1 fully saturated rings. The first-order valence-electron chi connectivity index (χ1n) is 7.46. The second-order valence-electron chi connectivity index (χ2n) is 6.04. The molecule has 2 amide bonds. The predicted molar refractivity (Wildman–Crippen MR) is 81.6 cm³/mol. The molecule has 1 N–H and O–H groups in total. The lowest BCUT2D eigenvalue weighted by atomic mass is 10.0. The smallest absolute Gasteiger partial charge is 0.317 e. The van der Waals surface area contributed by atoms with Crippen molar-refractivity contribution in [2.45, 2.75) is 19.9 Å². The highest BCUT2D eigenvalue weighted by molar-refractivity contribution is 5.74. The van der Waals surface area contributed by atoms with Crippen molar-refractivity contribution >= 4 is 6.03 Å². The van der Waals surface area contributed by atoms with Crippen molar-refractivity contribution in [3.05, 3.63) is 35.6 Å². The van der Waals surface area contributed by atoms with Crippen LogP contribution in [0.3, 0.4) is 0 Å². The van der Waals surface area contributed by atoms with Crippen LogP contribution in [0.4, 0.5) is 9.18 Å². The SMILES string of the molecule is CC(C)CNC(=O)N1CCN(C)C(c2ccccc2F)C1. The average molecular weight is 293 g/mol. The molecule has 0 saturated carbocycles. The molecule has 2 rings (SSSR count). The van der Waals surface area contributed by atoms with Crippen LogP contribution in [0.25, 0.3) is 0 Å². The number of piperazine rings is 1. The molecule has 4 nitrogen and oxygen atoms in total. The fourth-order valence-electron chi connectivity index (χ4n) is 2.54. The van der Waals surface area contributed by atoms with E-state index < -0.39 is 0 Å². The average Bonchev–Trinajstić information content (AvgIpc) is 2.46. The fourth-order valence-corrected chi connectivity index (χ4v) is 2.54. The first-order valence-corrected chi connectivity index (χ1v) is 7.46. The molecule has 0 aliphatic carbocycles. The normalized spacial score (nSPS) is 19.9. The molecule has 0 bridgehead atoms. The van der Waals surface area contributed by atoms with Crippen molar-refractivity contribution in [2.75, 3.05) is 33.2 Å². The van der Waals surface area contributed by atoms with Crippen LogP contribution in [0.1, 0.15) is 25.5 Å². The second-order valence-corrected chi connectivity index (χ2v) is 6.04. The number of hydrogen-bond acceptors (Lipinski definition) is 2. The molecule has 1 aromatic carbocycles. The minimum Gasteiger partial charge on any atom is -0.338 e. The maximum atomic E-state index is 14.0. The van der Waals surface area contributed by atoms with Crippen molar-refractivity contribution in [1.29, 1.82) is 0 Å². The molecule has 21 heavy (non-hydrogen) atoms. The predicted octanol–water partition coefficient (Wildman–Crippen LogP) is 2.48. The number of nitrogens with one attached hydrogen (secondary N) is 1. The highest BCUT2D eigenvalue weighted by Gasteiger charge is 2.29. The minimum atomic E-state index is -0.209. The van der Waals surface area contributed by atoms with E-state index in [0.717, 1.165) is 6.54 Å². The molecule has 1 aromatic rings. The van der Waals surface area contributed by atoms with E-state index in [1.807, 2.05) is 13.1 Å². The van der Waals surface area contributed by atoms with Gasteiger partial charge in [0.15, 0.2) is 0 Å². The quantitative estimate of drug-likeness (QED) is 0.929. The van der Waals surface area contributed by atoms with Gasteiger partial charge in [-0.15, -0.1) is 0 Å². The molecular weight excluding hydrogens is 269 g/mol. The Labute approximate surface area is 125 Å². The van der Waals surface area contributed by atoms with Crippen LogP contribution in [0.2, 0.25) is 0 Å². The van der Waals surface area contributed by atoms with Gasteiger partial charge >= 0.3 is 6.03 Å². The van der Waals surface area contributed by atoms with Crippen LogP contribution in [0.5, 0.6) is 0 Å². The van der Waals surface area contributed by atoms with Crippen LogP contribution >= 0.6 is 0 Å². The van der Waals surface area contributed by atoms with Gasteiger partial charge in [0.1, 0.15) is 5.82 Å². The Bertz CT molecular complexity index is 492. The molecule has 1 unspecified atom stereocenters. The summed E-state index contributed by atoms with van der Waals surface area (Å²) >= 11 is 0. The number of urea groups is 1. The molecule has 5 heteroatoms. The van der Waals surface area contributed by atoms with Gasteiger partial charge in [-0.3, -0.25) is 4.90 Å². The first-order chi connectivity index (χ1) is 9.99. The molecule has 1 aliphatic rings. The zero-order valence-electron chi connectivity index (χ0n) is 13.0. The monoisotopic (exact) mass is 293 g/mol. The van der Waals surface area contributed by atoms with Crippen LogP contribution in [-0.2, 0) is 0 Å². The number of nitrogens with zero attached hydrogens (tertiary/aromatic N) is 2. The van der Waals surface area contributed by atoms with Gasteiger partial charge in [0.2, 0.25) is 0 Å². The number of halogens is 1. The summed E-state index contributed by atoms with van der Waals surface area (Å²) in [6.45, 7) is 6.72. The van der Waals surface area contributed by atoms with E-state index in [4.69, 9.17) is 0 Å². The van der Waals surface area contributed by atoms with Crippen molar-refractivity contribution in [1.82, 2.24) is 15.1 Å². The molecule has 0 spiro atoms. The summed E-state index contributed by atoms with van der Waals surface area (Å²) in [6, 6.07) is 6.65. The Morgan fingerprint density at radius 3 is 2.76 bits per heavy atom. The van der Waals surface area contributed by atoms with E-state index in [2.05, 4.69) is 24.1 Å². The Kier molecular flexibility index (Phi) is 5.17. The summed E-state index contributed by atoms with van der Waals surface area (Å²) in [6.07, 6.45) is 0. The Balaban J connectivity index is 2.06. The molecule has 116 valence electrons. The largest absolute Gasteiger partial charge is 0.338 e. The van der Waals surface area contributed by atoms with Gasteiger partial charge in [0.05, 0.1) is 6.04 Å². The molecule has 1 atom stereocenters. The van der Waals surface area contributed by atoms with Crippen molar-refractivity contribution in [2.24, 2.45) is 5.92 Å². The van der Waals surface area contributed by atoms with E-state index in [-0.39, 0.29) is 17.9 Å². The third-order valence-corrected chi connectivity index (χ3v) is 3.86. The molecule has 1 saturated heterocycles. The third-order valence-electron chi connectivity index (χ3n) is 3.86. The zero-order chi connectivity index (χ0) is 15.4.